The minimum atomic E-state index is -0.322. The fourth-order valence-electron chi connectivity index (χ4n) is 0.991. The van der Waals surface area contributed by atoms with E-state index in [1.807, 2.05) is 6.92 Å². The second kappa shape index (κ2) is 2.92. The van der Waals surface area contributed by atoms with Gasteiger partial charge in [-0.15, -0.1) is 0 Å². The molecule has 1 fully saturated rings. The van der Waals surface area contributed by atoms with Crippen LogP contribution in [0.2, 0.25) is 0 Å². The lowest BCUT2D eigenvalue weighted by Gasteiger charge is -2.18. The Morgan fingerprint density at radius 3 is 2.80 bits per heavy atom. The van der Waals surface area contributed by atoms with Crippen LogP contribution in [0.5, 0.6) is 0 Å². The summed E-state index contributed by atoms with van der Waals surface area (Å²) in [4.78, 5) is 21.5. The molecule has 0 amide bonds. The Hall–Kier alpha value is -0.700. The summed E-state index contributed by atoms with van der Waals surface area (Å²) in [5.74, 6) is -0.173. The zero-order chi connectivity index (χ0) is 7.56. The number of hydrogen-bond donors (Lipinski definition) is 0. The molecule has 1 aliphatic rings. The second-order valence-corrected chi connectivity index (χ2v) is 2.39. The second-order valence-electron chi connectivity index (χ2n) is 2.39. The van der Waals surface area contributed by atoms with Gasteiger partial charge in [-0.05, 0) is 6.42 Å². The van der Waals surface area contributed by atoms with E-state index >= 15 is 0 Å². The van der Waals surface area contributed by atoms with Gasteiger partial charge in [0.1, 0.15) is 12.7 Å². The Balaban J connectivity index is 2.51. The Kier molecular flexibility index (Phi) is 2.17. The first-order chi connectivity index (χ1) is 4.74. The maximum absolute atomic E-state index is 10.9. The van der Waals surface area contributed by atoms with Crippen molar-refractivity contribution in [1.29, 1.82) is 0 Å². The Bertz CT molecular complexity index is 162. The monoisotopic (exact) mass is 142 g/mol. The van der Waals surface area contributed by atoms with Gasteiger partial charge in [0, 0.05) is 0 Å². The molecular weight excluding hydrogens is 132 g/mol. The predicted molar refractivity (Wildman–Crippen MR) is 34.7 cm³/mol. The highest BCUT2D eigenvalue weighted by Crippen LogP contribution is 2.08. The van der Waals surface area contributed by atoms with Gasteiger partial charge >= 0.3 is 0 Å². The van der Waals surface area contributed by atoms with Crippen LogP contribution in [0.4, 0.5) is 0 Å². The third kappa shape index (κ3) is 1.42. The molecule has 3 nitrogen and oxygen atoms in total. The Morgan fingerprint density at radius 1 is 1.60 bits per heavy atom. The smallest absolute Gasteiger partial charge is 0.168 e. The van der Waals surface area contributed by atoms with Crippen molar-refractivity contribution in [1.82, 2.24) is 0 Å². The zero-order valence-corrected chi connectivity index (χ0v) is 5.92. The van der Waals surface area contributed by atoms with Gasteiger partial charge in [-0.3, -0.25) is 9.59 Å². The zero-order valence-electron chi connectivity index (χ0n) is 5.92. The molecule has 1 rings (SSSR count). The van der Waals surface area contributed by atoms with Crippen LogP contribution in [0.1, 0.15) is 19.8 Å². The van der Waals surface area contributed by atoms with E-state index in [0.717, 1.165) is 0 Å². The van der Waals surface area contributed by atoms with Gasteiger partial charge in [0.05, 0.1) is 6.42 Å². The lowest BCUT2D eigenvalue weighted by Crippen LogP contribution is -2.34. The summed E-state index contributed by atoms with van der Waals surface area (Å²) in [5, 5.41) is 0. The summed E-state index contributed by atoms with van der Waals surface area (Å²) in [6.07, 6.45) is 0.419. The number of hydrogen-bond acceptors (Lipinski definition) is 3. The highest BCUT2D eigenvalue weighted by molar-refractivity contribution is 6.03. The summed E-state index contributed by atoms with van der Waals surface area (Å²) >= 11 is 0. The van der Waals surface area contributed by atoms with Crippen LogP contribution in [0.3, 0.4) is 0 Å². The summed E-state index contributed by atoms with van der Waals surface area (Å²) in [5.41, 5.74) is 0. The van der Waals surface area contributed by atoms with Crippen molar-refractivity contribution < 1.29 is 14.3 Å². The SMILES string of the molecule is CCC1OCC(=O)CC1=O. The number of ketones is 2. The van der Waals surface area contributed by atoms with Crippen LogP contribution in [-0.2, 0) is 14.3 Å². The maximum Gasteiger partial charge on any atom is 0.168 e. The minimum absolute atomic E-state index is 0.0680. The fourth-order valence-corrected chi connectivity index (χ4v) is 0.991. The molecule has 0 aromatic carbocycles. The van der Waals surface area contributed by atoms with E-state index in [0.29, 0.717) is 6.42 Å². The molecule has 1 heterocycles. The van der Waals surface area contributed by atoms with Crippen LogP contribution in [0, 0.1) is 0 Å². The molecule has 0 aliphatic carbocycles. The molecule has 10 heavy (non-hydrogen) atoms. The number of carbonyl (C=O) groups excluding carboxylic acids is 2. The van der Waals surface area contributed by atoms with Crippen molar-refractivity contribution in [3.63, 3.8) is 0 Å². The van der Waals surface area contributed by atoms with Crippen molar-refractivity contribution >= 4 is 11.6 Å². The first kappa shape index (κ1) is 7.41. The van der Waals surface area contributed by atoms with E-state index in [4.69, 9.17) is 4.74 Å². The van der Waals surface area contributed by atoms with Gasteiger partial charge in [-0.1, -0.05) is 6.92 Å². The van der Waals surface area contributed by atoms with Crippen molar-refractivity contribution in [3.05, 3.63) is 0 Å². The number of ether oxygens (including phenoxy) is 1. The molecule has 0 saturated carbocycles. The molecule has 0 bridgehead atoms. The van der Waals surface area contributed by atoms with E-state index in [1.165, 1.54) is 0 Å². The normalized spacial score (nSPS) is 27.1. The molecule has 0 N–H and O–H groups in total. The molecule has 1 saturated heterocycles. The first-order valence-corrected chi connectivity index (χ1v) is 3.40. The Morgan fingerprint density at radius 2 is 2.30 bits per heavy atom. The Labute approximate surface area is 59.4 Å². The largest absolute Gasteiger partial charge is 0.363 e. The van der Waals surface area contributed by atoms with Crippen molar-refractivity contribution in [2.45, 2.75) is 25.9 Å². The van der Waals surface area contributed by atoms with Crippen LogP contribution < -0.4 is 0 Å². The molecule has 0 radical (unpaired) electrons. The first-order valence-electron chi connectivity index (χ1n) is 3.40. The topological polar surface area (TPSA) is 43.4 Å². The van der Waals surface area contributed by atoms with Gasteiger partial charge < -0.3 is 4.74 Å². The average molecular weight is 142 g/mol. The molecule has 56 valence electrons. The molecule has 0 spiro atoms. The summed E-state index contributed by atoms with van der Waals surface area (Å²) in [6.45, 7) is 1.99. The summed E-state index contributed by atoms with van der Waals surface area (Å²) < 4.78 is 4.95. The van der Waals surface area contributed by atoms with Crippen LogP contribution in [0.15, 0.2) is 0 Å². The molecule has 1 unspecified atom stereocenters. The lowest BCUT2D eigenvalue weighted by atomic mass is 10.1. The van der Waals surface area contributed by atoms with Crippen molar-refractivity contribution in [3.8, 4) is 0 Å². The molecular formula is C7H10O3. The van der Waals surface area contributed by atoms with Crippen LogP contribution >= 0.6 is 0 Å². The van der Waals surface area contributed by atoms with Crippen LogP contribution in [-0.4, -0.2) is 24.3 Å². The van der Waals surface area contributed by atoms with Crippen molar-refractivity contribution in [2.24, 2.45) is 0 Å². The number of carbonyl (C=O) groups is 2. The predicted octanol–water partition coefficient (Wildman–Crippen LogP) is 0.324. The molecule has 0 aromatic rings. The third-order valence-corrected chi connectivity index (χ3v) is 1.55. The standard InChI is InChI=1S/C7H10O3/c1-2-7-6(9)3-5(8)4-10-7/h7H,2-4H2,1H3. The summed E-state index contributed by atoms with van der Waals surface area (Å²) in [7, 11) is 0. The average Bonchev–Trinajstić information content (AvgIpc) is 1.88. The fraction of sp³-hybridized carbons (Fsp3) is 0.714. The highest BCUT2D eigenvalue weighted by atomic mass is 16.5. The van der Waals surface area contributed by atoms with E-state index in [2.05, 4.69) is 0 Å². The van der Waals surface area contributed by atoms with Crippen molar-refractivity contribution in [2.75, 3.05) is 6.61 Å². The molecule has 1 aliphatic heterocycles. The maximum atomic E-state index is 10.9. The van der Waals surface area contributed by atoms with Crippen LogP contribution in [0.25, 0.3) is 0 Å². The van der Waals surface area contributed by atoms with E-state index < -0.39 is 0 Å². The summed E-state index contributed by atoms with van der Waals surface area (Å²) in [6, 6.07) is 0. The molecule has 1 atom stereocenters. The van der Waals surface area contributed by atoms with Gasteiger partial charge in [0.25, 0.3) is 0 Å². The van der Waals surface area contributed by atoms with E-state index in [9.17, 15) is 9.59 Å². The molecule has 3 heteroatoms. The highest BCUT2D eigenvalue weighted by Gasteiger charge is 2.25. The number of Topliss-reactive ketones (excluding diaryl/α,β-unsaturated/α-hetero) is 2. The van der Waals surface area contributed by atoms with Gasteiger partial charge in [-0.25, -0.2) is 0 Å². The van der Waals surface area contributed by atoms with Gasteiger partial charge in [0.2, 0.25) is 0 Å². The van der Waals surface area contributed by atoms with E-state index in [1.54, 1.807) is 0 Å². The molecule has 0 aromatic heterocycles. The number of rotatable bonds is 1. The third-order valence-electron chi connectivity index (χ3n) is 1.55. The minimum Gasteiger partial charge on any atom is -0.363 e. The van der Waals surface area contributed by atoms with E-state index in [-0.39, 0.29) is 30.7 Å². The van der Waals surface area contributed by atoms with Gasteiger partial charge in [-0.2, -0.15) is 0 Å². The van der Waals surface area contributed by atoms with Gasteiger partial charge in [0.15, 0.2) is 11.6 Å². The lowest BCUT2D eigenvalue weighted by molar-refractivity contribution is -0.145. The quantitative estimate of drug-likeness (QED) is 0.495.